The van der Waals surface area contributed by atoms with E-state index in [-0.39, 0.29) is 5.75 Å². The summed E-state index contributed by atoms with van der Waals surface area (Å²) >= 11 is 0. The molecule has 0 aliphatic carbocycles. The second-order valence-electron chi connectivity index (χ2n) is 4.78. The first-order chi connectivity index (χ1) is 6.12. The zero-order valence-corrected chi connectivity index (χ0v) is 10.5. The van der Waals surface area contributed by atoms with Gasteiger partial charge in [-0.3, -0.25) is 0 Å². The van der Waals surface area contributed by atoms with Crippen LogP contribution in [0, 0.1) is 0 Å². The molecule has 0 aliphatic rings. The summed E-state index contributed by atoms with van der Waals surface area (Å²) in [5.41, 5.74) is -0.392. The van der Waals surface area contributed by atoms with E-state index in [2.05, 4.69) is 10.0 Å². The van der Waals surface area contributed by atoms with Crippen LogP contribution in [0.1, 0.15) is 34.6 Å². The molecule has 86 valence electrons. The molecule has 2 N–H and O–H groups in total. The van der Waals surface area contributed by atoms with Crippen molar-refractivity contribution in [3.05, 3.63) is 0 Å². The monoisotopic (exact) mass is 222 g/mol. The third-order valence-electron chi connectivity index (χ3n) is 1.39. The first kappa shape index (κ1) is 13.9. The number of nitrogens with one attached hydrogen (secondary N) is 2. The van der Waals surface area contributed by atoms with Gasteiger partial charge < -0.3 is 5.32 Å². The molecule has 0 spiro atoms. The van der Waals surface area contributed by atoms with Crippen molar-refractivity contribution in [2.75, 3.05) is 12.3 Å². The van der Waals surface area contributed by atoms with Crippen LogP contribution in [-0.4, -0.2) is 32.3 Å². The summed E-state index contributed by atoms with van der Waals surface area (Å²) < 4.78 is 25.6. The Bertz CT molecular complexity index is 252. The highest BCUT2D eigenvalue weighted by molar-refractivity contribution is 7.89. The predicted octanol–water partition coefficient (Wildman–Crippen LogP) is 0.702. The van der Waals surface area contributed by atoms with Crippen molar-refractivity contribution in [1.29, 1.82) is 0 Å². The summed E-state index contributed by atoms with van der Waals surface area (Å²) in [7, 11) is -3.15. The van der Waals surface area contributed by atoms with Gasteiger partial charge in [-0.25, -0.2) is 13.1 Å². The van der Waals surface area contributed by atoms with Crippen molar-refractivity contribution in [1.82, 2.24) is 10.0 Å². The van der Waals surface area contributed by atoms with Crippen LogP contribution in [0.3, 0.4) is 0 Å². The number of hydrogen-bond donors (Lipinski definition) is 2. The van der Waals surface area contributed by atoms with Crippen molar-refractivity contribution < 1.29 is 8.42 Å². The van der Waals surface area contributed by atoms with E-state index in [0.717, 1.165) is 0 Å². The first-order valence-electron chi connectivity index (χ1n) is 4.87. The maximum Gasteiger partial charge on any atom is 0.213 e. The van der Waals surface area contributed by atoms with Gasteiger partial charge in [-0.15, -0.1) is 0 Å². The molecule has 0 saturated carbocycles. The van der Waals surface area contributed by atoms with Crippen molar-refractivity contribution in [2.45, 2.75) is 46.2 Å². The van der Waals surface area contributed by atoms with Gasteiger partial charge in [-0.2, -0.15) is 0 Å². The maximum atomic E-state index is 11.5. The lowest BCUT2D eigenvalue weighted by Gasteiger charge is -2.20. The molecular weight excluding hydrogens is 200 g/mol. The smallest absolute Gasteiger partial charge is 0.213 e. The van der Waals surface area contributed by atoms with E-state index in [0.29, 0.717) is 12.6 Å². The largest absolute Gasteiger partial charge is 0.313 e. The van der Waals surface area contributed by atoms with Crippen LogP contribution in [0.15, 0.2) is 0 Å². The lowest BCUT2D eigenvalue weighted by molar-refractivity contribution is 0.489. The van der Waals surface area contributed by atoms with Gasteiger partial charge in [-0.05, 0) is 20.8 Å². The third kappa shape index (κ3) is 8.47. The minimum atomic E-state index is -3.15. The summed E-state index contributed by atoms with van der Waals surface area (Å²) in [6.45, 7) is 9.97. The zero-order chi connectivity index (χ0) is 11.4. The molecule has 0 rings (SSSR count). The average Bonchev–Trinajstić information content (AvgIpc) is 1.78. The molecule has 4 nitrogen and oxygen atoms in total. The molecule has 0 radical (unpaired) electrons. The summed E-state index contributed by atoms with van der Waals surface area (Å²) in [5, 5.41) is 3.07. The van der Waals surface area contributed by atoms with Gasteiger partial charge in [-0.1, -0.05) is 13.8 Å². The average molecular weight is 222 g/mol. The Labute approximate surface area is 87.5 Å². The quantitative estimate of drug-likeness (QED) is 0.720. The highest BCUT2D eigenvalue weighted by Crippen LogP contribution is 2.01. The summed E-state index contributed by atoms with van der Waals surface area (Å²) in [4.78, 5) is 0. The van der Waals surface area contributed by atoms with Crippen LogP contribution in [0.4, 0.5) is 0 Å². The molecule has 0 heterocycles. The molecule has 0 aliphatic heterocycles. The van der Waals surface area contributed by atoms with Gasteiger partial charge in [0.05, 0.1) is 5.75 Å². The van der Waals surface area contributed by atoms with Crippen molar-refractivity contribution >= 4 is 10.0 Å². The summed E-state index contributed by atoms with van der Waals surface area (Å²) in [6, 6.07) is 0.319. The van der Waals surface area contributed by atoms with E-state index >= 15 is 0 Å². The second-order valence-corrected chi connectivity index (χ2v) is 6.62. The number of rotatable bonds is 5. The van der Waals surface area contributed by atoms with E-state index in [1.54, 1.807) is 0 Å². The molecule has 0 aromatic heterocycles. The van der Waals surface area contributed by atoms with Crippen LogP contribution >= 0.6 is 0 Å². The molecule has 0 fully saturated rings. The Hall–Kier alpha value is -0.130. The normalized spacial score (nSPS) is 13.6. The topological polar surface area (TPSA) is 58.2 Å². The summed E-state index contributed by atoms with van der Waals surface area (Å²) in [5.74, 6) is 0.127. The maximum absolute atomic E-state index is 11.5. The fourth-order valence-electron chi connectivity index (χ4n) is 1.000. The lowest BCUT2D eigenvalue weighted by atomic mass is 10.1. The van der Waals surface area contributed by atoms with Crippen molar-refractivity contribution in [3.8, 4) is 0 Å². The van der Waals surface area contributed by atoms with E-state index in [9.17, 15) is 8.42 Å². The van der Waals surface area contributed by atoms with E-state index in [1.807, 2.05) is 34.6 Å². The van der Waals surface area contributed by atoms with E-state index in [4.69, 9.17) is 0 Å². The molecule has 0 unspecified atom stereocenters. The third-order valence-corrected chi connectivity index (χ3v) is 3.05. The highest BCUT2D eigenvalue weighted by atomic mass is 32.2. The zero-order valence-electron chi connectivity index (χ0n) is 9.72. The van der Waals surface area contributed by atoms with E-state index in [1.165, 1.54) is 0 Å². The molecule has 0 aromatic rings. The van der Waals surface area contributed by atoms with Crippen molar-refractivity contribution in [3.63, 3.8) is 0 Å². The SMILES string of the molecule is CC(C)NCCS(=O)(=O)NC(C)(C)C. The van der Waals surface area contributed by atoms with Crippen LogP contribution < -0.4 is 10.0 Å². The highest BCUT2D eigenvalue weighted by Gasteiger charge is 2.19. The molecule has 0 aromatic carbocycles. The van der Waals surface area contributed by atoms with Crippen LogP contribution in [0.2, 0.25) is 0 Å². The van der Waals surface area contributed by atoms with Crippen LogP contribution in [0.25, 0.3) is 0 Å². The van der Waals surface area contributed by atoms with E-state index < -0.39 is 15.6 Å². The van der Waals surface area contributed by atoms with Gasteiger partial charge in [0.1, 0.15) is 0 Å². The summed E-state index contributed by atoms with van der Waals surface area (Å²) in [6.07, 6.45) is 0. The van der Waals surface area contributed by atoms with Gasteiger partial charge in [0.15, 0.2) is 0 Å². The first-order valence-corrected chi connectivity index (χ1v) is 6.53. The molecule has 0 saturated heterocycles. The predicted molar refractivity (Wildman–Crippen MR) is 59.8 cm³/mol. The molecule has 0 bridgehead atoms. The minimum absolute atomic E-state index is 0.127. The fraction of sp³-hybridized carbons (Fsp3) is 1.00. The van der Waals surface area contributed by atoms with Gasteiger partial charge in [0.2, 0.25) is 10.0 Å². The Kier molecular flexibility index (Phi) is 5.05. The Morgan fingerprint density at radius 1 is 1.21 bits per heavy atom. The van der Waals surface area contributed by atoms with Crippen LogP contribution in [-0.2, 0) is 10.0 Å². The lowest BCUT2D eigenvalue weighted by Crippen LogP contribution is -2.43. The standard InChI is InChI=1S/C9H22N2O2S/c1-8(2)10-6-7-14(12,13)11-9(3,4)5/h8,10-11H,6-7H2,1-5H3. The fourth-order valence-corrected chi connectivity index (χ4v) is 2.42. The van der Waals surface area contributed by atoms with Crippen molar-refractivity contribution in [2.24, 2.45) is 0 Å². The molecule has 0 atom stereocenters. The second kappa shape index (κ2) is 5.09. The Morgan fingerprint density at radius 2 is 1.71 bits per heavy atom. The molecular formula is C9H22N2O2S. The number of hydrogen-bond acceptors (Lipinski definition) is 3. The van der Waals surface area contributed by atoms with Crippen LogP contribution in [0.5, 0.6) is 0 Å². The molecule has 5 heteroatoms. The molecule has 0 amide bonds. The van der Waals surface area contributed by atoms with Gasteiger partial charge >= 0.3 is 0 Å². The Balaban J connectivity index is 3.98. The van der Waals surface area contributed by atoms with Gasteiger partial charge in [0, 0.05) is 18.1 Å². The number of sulfonamides is 1. The minimum Gasteiger partial charge on any atom is -0.313 e. The Morgan fingerprint density at radius 3 is 2.07 bits per heavy atom. The van der Waals surface area contributed by atoms with Gasteiger partial charge in [0.25, 0.3) is 0 Å². The molecule has 14 heavy (non-hydrogen) atoms.